The van der Waals surface area contributed by atoms with Crippen molar-refractivity contribution in [1.82, 2.24) is 9.55 Å². The molecule has 0 saturated carbocycles. The van der Waals surface area contributed by atoms with Crippen LogP contribution in [0.25, 0.3) is 5.69 Å². The van der Waals surface area contributed by atoms with E-state index in [1.807, 2.05) is 35.0 Å². The van der Waals surface area contributed by atoms with Crippen LogP contribution in [0.1, 0.15) is 10.4 Å². The third kappa shape index (κ3) is 2.40. The summed E-state index contributed by atoms with van der Waals surface area (Å²) in [7, 11) is 0. The van der Waals surface area contributed by atoms with Crippen LogP contribution in [0.5, 0.6) is 0 Å². The van der Waals surface area contributed by atoms with Crippen LogP contribution in [-0.4, -0.2) is 15.5 Å². The zero-order valence-corrected chi connectivity index (χ0v) is 9.98. The molecule has 1 N–H and O–H groups in total. The Morgan fingerprint density at radius 3 is 3.00 bits per heavy atom. The van der Waals surface area contributed by atoms with Crippen molar-refractivity contribution in [3.8, 4) is 5.69 Å². The van der Waals surface area contributed by atoms with Gasteiger partial charge in [0.15, 0.2) is 0 Å². The van der Waals surface area contributed by atoms with Crippen molar-refractivity contribution in [2.45, 2.75) is 0 Å². The number of anilines is 1. The fraction of sp³-hybridized carbons (Fsp3) is 0. The van der Waals surface area contributed by atoms with E-state index in [2.05, 4.69) is 10.3 Å². The van der Waals surface area contributed by atoms with Crippen molar-refractivity contribution in [3.05, 3.63) is 67.1 Å². The van der Waals surface area contributed by atoms with E-state index in [1.54, 1.807) is 18.6 Å². The number of carbonyl (C=O) groups is 1. The zero-order valence-electron chi connectivity index (χ0n) is 9.98. The Balaban J connectivity index is 1.82. The highest BCUT2D eigenvalue weighted by Crippen LogP contribution is 2.15. The van der Waals surface area contributed by atoms with Crippen LogP contribution < -0.4 is 5.32 Å². The Kier molecular flexibility index (Phi) is 2.86. The lowest BCUT2D eigenvalue weighted by Gasteiger charge is -2.07. The van der Waals surface area contributed by atoms with E-state index >= 15 is 0 Å². The number of carbonyl (C=O) groups excluding carboxylic acids is 1. The van der Waals surface area contributed by atoms with Gasteiger partial charge in [0.25, 0.3) is 5.91 Å². The molecule has 1 aromatic carbocycles. The molecule has 3 rings (SSSR count). The number of hydrogen-bond donors (Lipinski definition) is 1. The Hall–Kier alpha value is -2.82. The van der Waals surface area contributed by atoms with E-state index in [0.29, 0.717) is 5.56 Å². The lowest BCUT2D eigenvalue weighted by atomic mass is 10.2. The van der Waals surface area contributed by atoms with Crippen molar-refractivity contribution in [1.29, 1.82) is 0 Å². The third-order valence-corrected chi connectivity index (χ3v) is 2.69. The van der Waals surface area contributed by atoms with Gasteiger partial charge in [0.05, 0.1) is 18.2 Å². The second-order valence-corrected chi connectivity index (χ2v) is 3.99. The summed E-state index contributed by atoms with van der Waals surface area (Å²) in [6.07, 6.45) is 8.14. The van der Waals surface area contributed by atoms with Crippen LogP contribution >= 0.6 is 0 Å². The SMILES string of the molecule is O=C(Nc1cccc(-n2ccnc2)c1)c1ccoc1. The molecule has 0 saturated heterocycles. The lowest BCUT2D eigenvalue weighted by Crippen LogP contribution is -2.10. The topological polar surface area (TPSA) is 60.1 Å². The van der Waals surface area contributed by atoms with Crippen molar-refractivity contribution in [3.63, 3.8) is 0 Å². The van der Waals surface area contributed by atoms with Crippen molar-refractivity contribution < 1.29 is 9.21 Å². The molecule has 0 fully saturated rings. The zero-order chi connectivity index (χ0) is 13.1. The molecule has 19 heavy (non-hydrogen) atoms. The highest BCUT2D eigenvalue weighted by molar-refractivity contribution is 6.04. The number of nitrogens with one attached hydrogen (secondary N) is 1. The van der Waals surface area contributed by atoms with Gasteiger partial charge < -0.3 is 14.3 Å². The molecule has 0 unspecified atom stereocenters. The maximum absolute atomic E-state index is 11.9. The van der Waals surface area contributed by atoms with Gasteiger partial charge in [0.2, 0.25) is 0 Å². The summed E-state index contributed by atoms with van der Waals surface area (Å²) in [5, 5.41) is 2.81. The number of hydrogen-bond acceptors (Lipinski definition) is 3. The first-order chi connectivity index (χ1) is 9.33. The Morgan fingerprint density at radius 2 is 2.26 bits per heavy atom. The molecule has 1 amide bonds. The minimum atomic E-state index is -0.198. The van der Waals surface area contributed by atoms with Gasteiger partial charge in [-0.1, -0.05) is 6.07 Å². The van der Waals surface area contributed by atoms with E-state index in [9.17, 15) is 4.79 Å². The predicted molar refractivity (Wildman–Crippen MR) is 70.2 cm³/mol. The van der Waals surface area contributed by atoms with Gasteiger partial charge in [0, 0.05) is 23.8 Å². The Bertz CT molecular complexity index is 673. The second-order valence-electron chi connectivity index (χ2n) is 3.99. The number of amides is 1. The lowest BCUT2D eigenvalue weighted by molar-refractivity contribution is 0.102. The Morgan fingerprint density at radius 1 is 1.32 bits per heavy atom. The fourth-order valence-corrected chi connectivity index (χ4v) is 1.75. The number of aromatic nitrogens is 2. The summed E-state index contributed by atoms with van der Waals surface area (Å²) in [5.41, 5.74) is 2.15. The van der Waals surface area contributed by atoms with Gasteiger partial charge in [-0.15, -0.1) is 0 Å². The maximum Gasteiger partial charge on any atom is 0.258 e. The van der Waals surface area contributed by atoms with Crippen LogP contribution in [0.4, 0.5) is 5.69 Å². The highest BCUT2D eigenvalue weighted by Gasteiger charge is 2.07. The second kappa shape index (κ2) is 4.81. The average Bonchev–Trinajstić information content (AvgIpc) is 3.13. The van der Waals surface area contributed by atoms with E-state index in [0.717, 1.165) is 11.4 Å². The monoisotopic (exact) mass is 253 g/mol. The molecular formula is C14H11N3O2. The average molecular weight is 253 g/mol. The highest BCUT2D eigenvalue weighted by atomic mass is 16.3. The molecule has 2 aromatic heterocycles. The first-order valence-corrected chi connectivity index (χ1v) is 5.75. The van der Waals surface area contributed by atoms with E-state index < -0.39 is 0 Å². The van der Waals surface area contributed by atoms with Crippen LogP contribution in [0.15, 0.2) is 66.0 Å². The number of furan rings is 1. The third-order valence-electron chi connectivity index (χ3n) is 2.69. The minimum Gasteiger partial charge on any atom is -0.472 e. The molecule has 0 radical (unpaired) electrons. The number of benzene rings is 1. The van der Waals surface area contributed by atoms with Crippen molar-refractivity contribution in [2.24, 2.45) is 0 Å². The van der Waals surface area contributed by atoms with E-state index in [1.165, 1.54) is 12.5 Å². The summed E-state index contributed by atoms with van der Waals surface area (Å²) in [6, 6.07) is 9.14. The predicted octanol–water partition coefficient (Wildman–Crippen LogP) is 2.72. The molecule has 0 bridgehead atoms. The van der Waals surface area contributed by atoms with Crippen LogP contribution in [0.3, 0.4) is 0 Å². The first-order valence-electron chi connectivity index (χ1n) is 5.75. The quantitative estimate of drug-likeness (QED) is 0.780. The normalized spacial score (nSPS) is 10.3. The molecule has 0 atom stereocenters. The van der Waals surface area contributed by atoms with Crippen LogP contribution in [0.2, 0.25) is 0 Å². The summed E-state index contributed by atoms with van der Waals surface area (Å²) in [5.74, 6) is -0.198. The molecule has 0 aliphatic heterocycles. The molecule has 0 aliphatic carbocycles. The maximum atomic E-state index is 11.9. The van der Waals surface area contributed by atoms with Gasteiger partial charge in [-0.25, -0.2) is 4.98 Å². The van der Waals surface area contributed by atoms with Gasteiger partial charge in [0.1, 0.15) is 6.26 Å². The molecule has 5 heteroatoms. The molecule has 0 aliphatic rings. The molecule has 94 valence electrons. The summed E-state index contributed by atoms with van der Waals surface area (Å²) >= 11 is 0. The summed E-state index contributed by atoms with van der Waals surface area (Å²) in [4.78, 5) is 15.9. The molecular weight excluding hydrogens is 242 g/mol. The van der Waals surface area contributed by atoms with Gasteiger partial charge in [-0.05, 0) is 24.3 Å². The molecule has 0 spiro atoms. The van der Waals surface area contributed by atoms with Gasteiger partial charge >= 0.3 is 0 Å². The van der Waals surface area contributed by atoms with Gasteiger partial charge in [-0.2, -0.15) is 0 Å². The smallest absolute Gasteiger partial charge is 0.258 e. The number of imidazole rings is 1. The van der Waals surface area contributed by atoms with Crippen LogP contribution in [0, 0.1) is 0 Å². The molecule has 3 aromatic rings. The largest absolute Gasteiger partial charge is 0.472 e. The standard InChI is InChI=1S/C14H11N3O2/c18-14(11-4-7-19-9-11)16-12-2-1-3-13(8-12)17-6-5-15-10-17/h1-10H,(H,16,18). The number of nitrogens with zero attached hydrogens (tertiary/aromatic N) is 2. The van der Waals surface area contributed by atoms with Gasteiger partial charge in [-0.3, -0.25) is 4.79 Å². The summed E-state index contributed by atoms with van der Waals surface area (Å²) in [6.45, 7) is 0. The Labute approximate surface area is 109 Å². The fourth-order valence-electron chi connectivity index (χ4n) is 1.75. The van der Waals surface area contributed by atoms with Crippen molar-refractivity contribution in [2.75, 3.05) is 5.32 Å². The van der Waals surface area contributed by atoms with E-state index in [-0.39, 0.29) is 5.91 Å². The minimum absolute atomic E-state index is 0.198. The van der Waals surface area contributed by atoms with E-state index in [4.69, 9.17) is 4.42 Å². The molecule has 2 heterocycles. The van der Waals surface area contributed by atoms with Crippen LogP contribution in [-0.2, 0) is 0 Å². The number of rotatable bonds is 3. The summed E-state index contributed by atoms with van der Waals surface area (Å²) < 4.78 is 6.75. The first kappa shape index (κ1) is 11.3. The molecule has 5 nitrogen and oxygen atoms in total. The van der Waals surface area contributed by atoms with Crippen molar-refractivity contribution >= 4 is 11.6 Å².